The summed E-state index contributed by atoms with van der Waals surface area (Å²) < 4.78 is 1.12. The maximum absolute atomic E-state index is 4.04. The van der Waals surface area contributed by atoms with Gasteiger partial charge in [0, 0.05) is 22.9 Å². The van der Waals surface area contributed by atoms with Crippen molar-refractivity contribution >= 4 is 15.9 Å². The topological polar surface area (TPSA) is 24.9 Å². The van der Waals surface area contributed by atoms with Gasteiger partial charge < -0.3 is 5.32 Å². The van der Waals surface area contributed by atoms with Crippen LogP contribution in [0.15, 0.2) is 22.9 Å². The Bertz CT molecular complexity index is 269. The predicted molar refractivity (Wildman–Crippen MR) is 51.9 cm³/mol. The second-order valence-corrected chi connectivity index (χ2v) is 3.90. The highest BCUT2D eigenvalue weighted by Gasteiger charge is 2.17. The molecule has 1 aliphatic rings. The average Bonchev–Trinajstić information content (AvgIpc) is 2.57. The van der Waals surface area contributed by atoms with Crippen LogP contribution in [0, 0.1) is 0 Å². The number of pyridine rings is 1. The van der Waals surface area contributed by atoms with E-state index in [1.807, 2.05) is 12.4 Å². The smallest absolute Gasteiger partial charge is 0.0413 e. The van der Waals surface area contributed by atoms with Gasteiger partial charge in [0.25, 0.3) is 0 Å². The van der Waals surface area contributed by atoms with Crippen LogP contribution in [-0.2, 0) is 0 Å². The fourth-order valence-corrected chi connectivity index (χ4v) is 2.15. The Labute approximate surface area is 80.5 Å². The van der Waals surface area contributed by atoms with Crippen LogP contribution in [-0.4, -0.2) is 11.5 Å². The molecule has 1 fully saturated rings. The number of rotatable bonds is 1. The molecule has 12 heavy (non-hydrogen) atoms. The van der Waals surface area contributed by atoms with Gasteiger partial charge in [-0.3, -0.25) is 4.98 Å². The van der Waals surface area contributed by atoms with Gasteiger partial charge in [-0.25, -0.2) is 0 Å². The van der Waals surface area contributed by atoms with Gasteiger partial charge in [-0.1, -0.05) is 0 Å². The zero-order chi connectivity index (χ0) is 8.39. The van der Waals surface area contributed by atoms with Crippen LogP contribution in [0.25, 0.3) is 0 Å². The van der Waals surface area contributed by atoms with Gasteiger partial charge in [0.1, 0.15) is 0 Å². The molecule has 2 rings (SSSR count). The zero-order valence-electron chi connectivity index (χ0n) is 6.76. The van der Waals surface area contributed by atoms with Gasteiger partial charge in [0.15, 0.2) is 0 Å². The lowest BCUT2D eigenvalue weighted by Gasteiger charge is -2.11. The first-order valence-corrected chi connectivity index (χ1v) is 5.00. The minimum absolute atomic E-state index is 0.530. The summed E-state index contributed by atoms with van der Waals surface area (Å²) in [6.45, 7) is 1.14. The maximum atomic E-state index is 4.04. The lowest BCUT2D eigenvalue weighted by Crippen LogP contribution is -2.13. The minimum atomic E-state index is 0.530. The molecule has 1 aromatic heterocycles. The molecule has 1 N–H and O–H groups in total. The zero-order valence-corrected chi connectivity index (χ0v) is 8.34. The van der Waals surface area contributed by atoms with Crippen molar-refractivity contribution in [2.45, 2.75) is 18.9 Å². The van der Waals surface area contributed by atoms with Crippen molar-refractivity contribution in [2.75, 3.05) is 6.54 Å². The van der Waals surface area contributed by atoms with Crippen molar-refractivity contribution in [3.8, 4) is 0 Å². The van der Waals surface area contributed by atoms with Crippen LogP contribution in [0.1, 0.15) is 24.4 Å². The number of nitrogens with zero attached hydrogens (tertiary/aromatic N) is 1. The highest BCUT2D eigenvalue weighted by molar-refractivity contribution is 9.10. The van der Waals surface area contributed by atoms with Crippen molar-refractivity contribution in [1.29, 1.82) is 0 Å². The second kappa shape index (κ2) is 3.54. The van der Waals surface area contributed by atoms with E-state index in [4.69, 9.17) is 0 Å². The van der Waals surface area contributed by atoms with Crippen LogP contribution in [0.2, 0.25) is 0 Å². The third-order valence-corrected chi connectivity index (χ3v) is 2.90. The fraction of sp³-hybridized carbons (Fsp3) is 0.444. The molecule has 0 amide bonds. The molecule has 1 aromatic rings. The summed E-state index contributed by atoms with van der Waals surface area (Å²) >= 11 is 3.50. The molecule has 0 radical (unpaired) electrons. The van der Waals surface area contributed by atoms with E-state index in [1.54, 1.807) is 0 Å². The fourth-order valence-electron chi connectivity index (χ4n) is 1.62. The molecule has 1 aliphatic heterocycles. The summed E-state index contributed by atoms with van der Waals surface area (Å²) in [5, 5.41) is 3.46. The first-order valence-electron chi connectivity index (χ1n) is 4.21. The summed E-state index contributed by atoms with van der Waals surface area (Å²) in [6, 6.07) is 2.61. The van der Waals surface area contributed by atoms with E-state index in [-0.39, 0.29) is 0 Å². The van der Waals surface area contributed by atoms with Crippen molar-refractivity contribution in [1.82, 2.24) is 10.3 Å². The summed E-state index contributed by atoms with van der Waals surface area (Å²) in [4.78, 5) is 4.04. The van der Waals surface area contributed by atoms with Gasteiger partial charge >= 0.3 is 0 Å². The van der Waals surface area contributed by atoms with E-state index in [2.05, 4.69) is 32.3 Å². The highest BCUT2D eigenvalue weighted by atomic mass is 79.9. The molecule has 1 saturated heterocycles. The summed E-state index contributed by atoms with van der Waals surface area (Å²) in [7, 11) is 0. The number of hydrogen-bond donors (Lipinski definition) is 1. The van der Waals surface area contributed by atoms with Crippen LogP contribution in [0.3, 0.4) is 0 Å². The first-order chi connectivity index (χ1) is 5.88. The summed E-state index contributed by atoms with van der Waals surface area (Å²) in [6.07, 6.45) is 6.22. The first kappa shape index (κ1) is 8.20. The number of aromatic nitrogens is 1. The van der Waals surface area contributed by atoms with Gasteiger partial charge in [-0.2, -0.15) is 0 Å². The molecule has 0 bridgehead atoms. The molecule has 0 spiro atoms. The third-order valence-electron chi connectivity index (χ3n) is 2.24. The highest BCUT2D eigenvalue weighted by Crippen LogP contribution is 2.28. The summed E-state index contributed by atoms with van der Waals surface area (Å²) in [5.74, 6) is 0. The Morgan fingerprint density at radius 2 is 2.50 bits per heavy atom. The predicted octanol–water partition coefficient (Wildman–Crippen LogP) is 2.27. The van der Waals surface area contributed by atoms with Crippen molar-refractivity contribution < 1.29 is 0 Å². The van der Waals surface area contributed by atoms with Crippen LogP contribution >= 0.6 is 15.9 Å². The molecular weight excluding hydrogens is 216 g/mol. The molecular formula is C9H11BrN2. The van der Waals surface area contributed by atoms with E-state index in [0.29, 0.717) is 6.04 Å². The van der Waals surface area contributed by atoms with E-state index in [9.17, 15) is 0 Å². The number of nitrogens with one attached hydrogen (secondary N) is 1. The van der Waals surface area contributed by atoms with Crippen LogP contribution < -0.4 is 5.32 Å². The number of hydrogen-bond acceptors (Lipinski definition) is 2. The second-order valence-electron chi connectivity index (χ2n) is 3.05. The monoisotopic (exact) mass is 226 g/mol. The minimum Gasteiger partial charge on any atom is -0.310 e. The largest absolute Gasteiger partial charge is 0.310 e. The number of halogens is 1. The molecule has 0 saturated carbocycles. The quantitative estimate of drug-likeness (QED) is 0.795. The average molecular weight is 227 g/mol. The van der Waals surface area contributed by atoms with Crippen molar-refractivity contribution in [2.24, 2.45) is 0 Å². The molecule has 1 atom stereocenters. The van der Waals surface area contributed by atoms with E-state index < -0.39 is 0 Å². The van der Waals surface area contributed by atoms with Crippen molar-refractivity contribution in [3.63, 3.8) is 0 Å². The molecule has 64 valence electrons. The van der Waals surface area contributed by atoms with Crippen LogP contribution in [0.4, 0.5) is 0 Å². The standard InChI is InChI=1S/C9H11BrN2/c10-8-6-11-5-3-7(8)9-2-1-4-12-9/h3,5-6,9,12H,1-2,4H2/t9-/m0/s1. The van der Waals surface area contributed by atoms with Gasteiger partial charge in [0.2, 0.25) is 0 Å². The molecule has 0 unspecified atom stereocenters. The normalized spacial score (nSPS) is 22.9. The Kier molecular flexibility index (Phi) is 2.42. The maximum Gasteiger partial charge on any atom is 0.0413 e. The molecule has 2 nitrogen and oxygen atoms in total. The molecule has 0 aromatic carbocycles. The SMILES string of the molecule is Brc1cnccc1[C@@H]1CCCN1. The van der Waals surface area contributed by atoms with Gasteiger partial charge in [-0.05, 0) is 46.9 Å². The van der Waals surface area contributed by atoms with Gasteiger partial charge in [-0.15, -0.1) is 0 Å². The Morgan fingerprint density at radius 3 is 3.17 bits per heavy atom. The van der Waals surface area contributed by atoms with E-state index >= 15 is 0 Å². The van der Waals surface area contributed by atoms with Crippen molar-refractivity contribution in [3.05, 3.63) is 28.5 Å². The van der Waals surface area contributed by atoms with Crippen LogP contribution in [0.5, 0.6) is 0 Å². The third kappa shape index (κ3) is 1.52. The molecule has 3 heteroatoms. The Balaban J connectivity index is 2.26. The lowest BCUT2D eigenvalue weighted by molar-refractivity contribution is 0.644. The Morgan fingerprint density at radius 1 is 1.58 bits per heavy atom. The Hall–Kier alpha value is -0.410. The summed E-state index contributed by atoms with van der Waals surface area (Å²) in [5.41, 5.74) is 1.34. The van der Waals surface area contributed by atoms with E-state index in [0.717, 1.165) is 11.0 Å². The molecule has 2 heterocycles. The lowest BCUT2D eigenvalue weighted by atomic mass is 10.1. The van der Waals surface area contributed by atoms with Gasteiger partial charge in [0.05, 0.1) is 0 Å². The molecule has 0 aliphatic carbocycles. The van der Waals surface area contributed by atoms with E-state index in [1.165, 1.54) is 18.4 Å².